The highest BCUT2D eigenvalue weighted by molar-refractivity contribution is 5.35. The molecule has 0 bridgehead atoms. The fraction of sp³-hybridized carbons (Fsp3) is 0.333. The Bertz CT molecular complexity index is 219. The highest BCUT2D eigenvalue weighted by Crippen LogP contribution is 2.30. The first-order chi connectivity index (χ1) is 4.38. The van der Waals surface area contributed by atoms with E-state index in [9.17, 15) is 0 Å². The van der Waals surface area contributed by atoms with Gasteiger partial charge in [0.05, 0.1) is 0 Å². The van der Waals surface area contributed by atoms with Gasteiger partial charge in [0.2, 0.25) is 0 Å². The predicted octanol–water partition coefficient (Wildman–Crippen LogP) is 0.441. The van der Waals surface area contributed by atoms with E-state index in [2.05, 4.69) is 4.98 Å². The van der Waals surface area contributed by atoms with Crippen molar-refractivity contribution in [2.24, 2.45) is 0 Å². The van der Waals surface area contributed by atoms with E-state index >= 15 is 0 Å². The van der Waals surface area contributed by atoms with E-state index in [4.69, 9.17) is 9.84 Å². The summed E-state index contributed by atoms with van der Waals surface area (Å²) in [4.78, 5) is 2.85. The van der Waals surface area contributed by atoms with Gasteiger partial charge in [-0.1, -0.05) is 0 Å². The lowest BCUT2D eigenvalue weighted by Gasteiger charge is -1.93. The van der Waals surface area contributed by atoms with Crippen molar-refractivity contribution >= 4 is 0 Å². The molecule has 3 heteroatoms. The summed E-state index contributed by atoms with van der Waals surface area (Å²) in [7, 11) is 0. The van der Waals surface area contributed by atoms with E-state index in [1.54, 1.807) is 12.4 Å². The number of aliphatic hydroxyl groups is 1. The van der Waals surface area contributed by atoms with Crippen LogP contribution in [0.2, 0.25) is 0 Å². The number of fused-ring (bicyclic) bond motifs is 1. The molecule has 2 heterocycles. The Hall–Kier alpha value is -0.960. The summed E-state index contributed by atoms with van der Waals surface area (Å²) in [6.07, 6.45) is 3.07. The van der Waals surface area contributed by atoms with Gasteiger partial charge in [-0.25, -0.2) is 0 Å². The van der Waals surface area contributed by atoms with Crippen molar-refractivity contribution in [3.63, 3.8) is 0 Å². The maximum atomic E-state index is 9.13. The van der Waals surface area contributed by atoms with E-state index in [0.717, 1.165) is 11.3 Å². The summed E-state index contributed by atoms with van der Waals surface area (Å²) in [5.74, 6) is 0.780. The van der Waals surface area contributed by atoms with Gasteiger partial charge in [-0.3, -0.25) is 0 Å². The van der Waals surface area contributed by atoms with Gasteiger partial charge >= 0.3 is 0 Å². The average Bonchev–Trinajstić information content (AvgIpc) is 2.35. The molecule has 2 rings (SSSR count). The highest BCUT2D eigenvalue weighted by atomic mass is 16.5. The van der Waals surface area contributed by atoms with Crippen LogP contribution in [0.3, 0.4) is 0 Å². The first-order valence-corrected chi connectivity index (χ1v) is 2.85. The summed E-state index contributed by atoms with van der Waals surface area (Å²) in [5, 5.41) is 9.13. The van der Waals surface area contributed by atoms with Gasteiger partial charge in [0.25, 0.3) is 0 Å². The van der Waals surface area contributed by atoms with E-state index in [0.29, 0.717) is 6.61 Å². The number of aromatic nitrogens is 1. The normalized spacial score (nSPS) is 23.4. The second kappa shape index (κ2) is 1.51. The van der Waals surface area contributed by atoms with Crippen LogP contribution < -0.4 is 4.74 Å². The minimum atomic E-state index is -0.425. The molecule has 0 spiro atoms. The predicted molar refractivity (Wildman–Crippen MR) is 31.2 cm³/mol. The molecule has 0 radical (unpaired) electrons. The Morgan fingerprint density at radius 1 is 1.67 bits per heavy atom. The topological polar surface area (TPSA) is 45.2 Å². The molecular formula is C6H7NO2. The Kier molecular flexibility index (Phi) is 0.818. The number of aliphatic hydroxyl groups excluding tert-OH is 1. The van der Waals surface area contributed by atoms with Crippen molar-refractivity contribution in [3.8, 4) is 5.75 Å². The lowest BCUT2D eigenvalue weighted by atomic mass is 10.2. The molecule has 1 aliphatic rings. The summed E-state index contributed by atoms with van der Waals surface area (Å²) in [6, 6.07) is 0. The summed E-state index contributed by atoms with van der Waals surface area (Å²) < 4.78 is 5.07. The number of hydrogen-bond acceptors (Lipinski definition) is 2. The van der Waals surface area contributed by atoms with Crippen LogP contribution in [0.15, 0.2) is 12.4 Å². The molecule has 3 nitrogen and oxygen atoms in total. The van der Waals surface area contributed by atoms with Crippen LogP contribution in [-0.2, 0) is 0 Å². The monoisotopic (exact) mass is 125 g/mol. The van der Waals surface area contributed by atoms with Gasteiger partial charge in [-0.05, 0) is 0 Å². The maximum Gasteiger partial charge on any atom is 0.142 e. The fourth-order valence-corrected chi connectivity index (χ4v) is 1.01. The smallest absolute Gasteiger partial charge is 0.142 e. The van der Waals surface area contributed by atoms with E-state index in [1.165, 1.54) is 0 Å². The number of ether oxygens (including phenoxy) is 1. The zero-order chi connectivity index (χ0) is 6.27. The number of nitrogens with one attached hydrogen (secondary N) is 1. The number of H-pyrrole nitrogens is 1. The first-order valence-electron chi connectivity index (χ1n) is 2.85. The number of aromatic amines is 1. The third-order valence-electron chi connectivity index (χ3n) is 1.49. The summed E-state index contributed by atoms with van der Waals surface area (Å²) in [5.41, 5.74) is 0.870. The van der Waals surface area contributed by atoms with Crippen LogP contribution in [0, 0.1) is 0 Å². The van der Waals surface area contributed by atoms with Crippen LogP contribution in [0.5, 0.6) is 5.75 Å². The van der Waals surface area contributed by atoms with Crippen molar-refractivity contribution in [3.05, 3.63) is 18.0 Å². The Morgan fingerprint density at radius 2 is 2.56 bits per heavy atom. The molecule has 0 amide bonds. The van der Waals surface area contributed by atoms with Crippen LogP contribution in [0.1, 0.15) is 11.7 Å². The maximum absolute atomic E-state index is 9.13. The molecule has 1 unspecified atom stereocenters. The molecule has 1 aliphatic heterocycles. The molecule has 0 aromatic carbocycles. The molecule has 9 heavy (non-hydrogen) atoms. The molecular weight excluding hydrogens is 118 g/mol. The minimum Gasteiger partial charge on any atom is -0.489 e. The molecule has 2 N–H and O–H groups in total. The molecule has 0 fully saturated rings. The van der Waals surface area contributed by atoms with Crippen LogP contribution in [0.4, 0.5) is 0 Å². The van der Waals surface area contributed by atoms with Gasteiger partial charge in [-0.2, -0.15) is 0 Å². The third kappa shape index (κ3) is 0.549. The lowest BCUT2D eigenvalue weighted by molar-refractivity contribution is 0.139. The molecule has 1 atom stereocenters. The Morgan fingerprint density at radius 3 is 3.33 bits per heavy atom. The zero-order valence-electron chi connectivity index (χ0n) is 4.79. The summed E-state index contributed by atoms with van der Waals surface area (Å²) >= 11 is 0. The first kappa shape index (κ1) is 4.88. The Labute approximate surface area is 52.3 Å². The molecule has 0 aliphatic carbocycles. The van der Waals surface area contributed by atoms with Crippen LogP contribution in [0.25, 0.3) is 0 Å². The van der Waals surface area contributed by atoms with Crippen LogP contribution >= 0.6 is 0 Å². The molecule has 0 saturated heterocycles. The standard InChI is InChI=1S/C6H7NO2/c8-5-3-9-6-2-7-1-4(5)6/h1-2,5,7-8H,3H2. The second-order valence-corrected chi connectivity index (χ2v) is 2.10. The minimum absolute atomic E-state index is 0.402. The van der Waals surface area contributed by atoms with Gasteiger partial charge in [0.1, 0.15) is 18.5 Å². The van der Waals surface area contributed by atoms with Crippen molar-refractivity contribution < 1.29 is 9.84 Å². The highest BCUT2D eigenvalue weighted by Gasteiger charge is 2.21. The van der Waals surface area contributed by atoms with Gasteiger partial charge < -0.3 is 14.8 Å². The zero-order valence-corrected chi connectivity index (χ0v) is 4.79. The SMILES string of the molecule is OC1COc2c[nH]cc21. The molecule has 0 saturated carbocycles. The fourth-order valence-electron chi connectivity index (χ4n) is 1.01. The third-order valence-corrected chi connectivity index (χ3v) is 1.49. The lowest BCUT2D eigenvalue weighted by Crippen LogP contribution is -1.97. The average molecular weight is 125 g/mol. The molecule has 1 aromatic rings. The van der Waals surface area contributed by atoms with E-state index < -0.39 is 6.10 Å². The van der Waals surface area contributed by atoms with Gasteiger partial charge in [-0.15, -0.1) is 0 Å². The Balaban J connectivity index is 2.49. The largest absolute Gasteiger partial charge is 0.489 e. The number of rotatable bonds is 0. The summed E-state index contributed by atoms with van der Waals surface area (Å²) in [6.45, 7) is 0.402. The van der Waals surface area contributed by atoms with Crippen molar-refractivity contribution in [2.75, 3.05) is 6.61 Å². The number of hydrogen-bond donors (Lipinski definition) is 2. The van der Waals surface area contributed by atoms with Gasteiger partial charge in [0, 0.05) is 18.0 Å². The van der Waals surface area contributed by atoms with Crippen molar-refractivity contribution in [2.45, 2.75) is 6.10 Å². The second-order valence-electron chi connectivity index (χ2n) is 2.10. The van der Waals surface area contributed by atoms with Crippen LogP contribution in [-0.4, -0.2) is 16.7 Å². The quantitative estimate of drug-likeness (QED) is 0.528. The van der Waals surface area contributed by atoms with E-state index in [-0.39, 0.29) is 0 Å². The van der Waals surface area contributed by atoms with Gasteiger partial charge in [0.15, 0.2) is 0 Å². The van der Waals surface area contributed by atoms with Crippen molar-refractivity contribution in [1.29, 1.82) is 0 Å². The van der Waals surface area contributed by atoms with E-state index in [1.807, 2.05) is 0 Å². The molecule has 48 valence electrons. The molecule has 1 aromatic heterocycles. The van der Waals surface area contributed by atoms with Crippen molar-refractivity contribution in [1.82, 2.24) is 4.98 Å².